The van der Waals surface area contributed by atoms with E-state index in [2.05, 4.69) is 60.9 Å². The zero-order valence-corrected chi connectivity index (χ0v) is 19.0. The molecule has 0 aliphatic carbocycles. The summed E-state index contributed by atoms with van der Waals surface area (Å²) in [4.78, 5) is 8.88. The molecule has 28 heavy (non-hydrogen) atoms. The van der Waals surface area contributed by atoms with Gasteiger partial charge >= 0.3 is 0 Å². The lowest BCUT2D eigenvalue weighted by molar-refractivity contribution is 0.125. The Balaban J connectivity index is 2.04. The molecule has 0 bridgehead atoms. The van der Waals surface area contributed by atoms with Gasteiger partial charge in [0, 0.05) is 37.2 Å². The summed E-state index contributed by atoms with van der Waals surface area (Å²) in [5.41, 5.74) is 0.0989. The third-order valence-electron chi connectivity index (χ3n) is 6.43. The Morgan fingerprint density at radius 1 is 1.32 bits per heavy atom. The summed E-state index contributed by atoms with van der Waals surface area (Å²) < 4.78 is 0. The van der Waals surface area contributed by atoms with Gasteiger partial charge in [0.1, 0.15) is 0 Å². The van der Waals surface area contributed by atoms with Crippen LogP contribution in [0.4, 0.5) is 0 Å². The Morgan fingerprint density at radius 3 is 2.71 bits per heavy atom. The highest BCUT2D eigenvalue weighted by Gasteiger charge is 2.31. The molecule has 6 heteroatoms. The van der Waals surface area contributed by atoms with Crippen molar-refractivity contribution < 1.29 is 5.11 Å². The van der Waals surface area contributed by atoms with Crippen LogP contribution in [0.25, 0.3) is 0 Å². The molecule has 0 radical (unpaired) electrons. The minimum Gasteiger partial charge on any atom is -0.396 e. The summed E-state index contributed by atoms with van der Waals surface area (Å²) in [6, 6.07) is 4.92. The van der Waals surface area contributed by atoms with Crippen LogP contribution in [0.3, 0.4) is 0 Å². The number of aliphatic hydroxyl groups excluding tert-OH is 1. The van der Waals surface area contributed by atoms with Crippen LogP contribution >= 0.6 is 11.3 Å². The summed E-state index contributed by atoms with van der Waals surface area (Å²) in [6.07, 6.45) is 5.40. The van der Waals surface area contributed by atoms with Gasteiger partial charge < -0.3 is 15.7 Å². The highest BCUT2D eigenvalue weighted by Crippen LogP contribution is 2.36. The number of hydrogen-bond acceptors (Lipinski definition) is 4. The monoisotopic (exact) mass is 408 g/mol. The largest absolute Gasteiger partial charge is 0.396 e. The Kier molecular flexibility index (Phi) is 9.75. The molecular formula is C22H40N4OS. The summed E-state index contributed by atoms with van der Waals surface area (Å²) >= 11 is 1.87. The fourth-order valence-corrected chi connectivity index (χ4v) is 5.33. The summed E-state index contributed by atoms with van der Waals surface area (Å²) in [7, 11) is 2.25. The van der Waals surface area contributed by atoms with Crippen LogP contribution in [0.2, 0.25) is 0 Å². The van der Waals surface area contributed by atoms with E-state index in [1.54, 1.807) is 0 Å². The first-order chi connectivity index (χ1) is 13.6. The maximum absolute atomic E-state index is 9.47. The third kappa shape index (κ3) is 6.19. The lowest BCUT2D eigenvalue weighted by Crippen LogP contribution is -2.45. The zero-order valence-electron chi connectivity index (χ0n) is 18.2. The van der Waals surface area contributed by atoms with E-state index in [4.69, 9.17) is 4.99 Å². The van der Waals surface area contributed by atoms with Gasteiger partial charge in [-0.25, -0.2) is 0 Å². The van der Waals surface area contributed by atoms with Gasteiger partial charge in [0.15, 0.2) is 5.96 Å². The lowest BCUT2D eigenvalue weighted by Gasteiger charge is -2.39. The zero-order chi connectivity index (χ0) is 20.4. The third-order valence-corrected chi connectivity index (χ3v) is 7.38. The average Bonchev–Trinajstić information content (AvgIpc) is 3.23. The average molecular weight is 409 g/mol. The number of nitrogens with one attached hydrogen (secondary N) is 2. The second kappa shape index (κ2) is 11.8. The second-order valence-electron chi connectivity index (χ2n) is 8.10. The SMILES string of the molecule is CCNC(=NCC(CC)(CC)CCO)NCC1CCCN(C)C1c1cccs1. The molecule has 1 aromatic heterocycles. The molecule has 2 heterocycles. The molecule has 1 aromatic rings. The van der Waals surface area contributed by atoms with Crippen LogP contribution in [0.15, 0.2) is 22.5 Å². The Hall–Kier alpha value is -1.11. The molecule has 5 nitrogen and oxygen atoms in total. The van der Waals surface area contributed by atoms with Crippen LogP contribution < -0.4 is 10.6 Å². The van der Waals surface area contributed by atoms with Gasteiger partial charge in [0.05, 0.1) is 0 Å². The smallest absolute Gasteiger partial charge is 0.191 e. The Labute approximate surface area is 175 Å². The van der Waals surface area contributed by atoms with E-state index in [9.17, 15) is 5.11 Å². The van der Waals surface area contributed by atoms with E-state index < -0.39 is 0 Å². The maximum atomic E-state index is 9.47. The molecule has 2 unspecified atom stereocenters. The molecule has 3 N–H and O–H groups in total. The van der Waals surface area contributed by atoms with Crippen molar-refractivity contribution >= 4 is 17.3 Å². The topological polar surface area (TPSA) is 59.9 Å². The molecule has 0 spiro atoms. The van der Waals surface area contributed by atoms with Crippen molar-refractivity contribution in [3.8, 4) is 0 Å². The van der Waals surface area contributed by atoms with Crippen LogP contribution in [0.5, 0.6) is 0 Å². The van der Waals surface area contributed by atoms with Gasteiger partial charge in [-0.3, -0.25) is 9.89 Å². The molecule has 1 aliphatic rings. The minimum atomic E-state index is 0.0989. The Morgan fingerprint density at radius 2 is 2.11 bits per heavy atom. The molecule has 160 valence electrons. The molecule has 0 aromatic carbocycles. The number of rotatable bonds is 10. The highest BCUT2D eigenvalue weighted by molar-refractivity contribution is 7.10. The molecule has 1 saturated heterocycles. The van der Waals surface area contributed by atoms with Gasteiger partial charge in [0.2, 0.25) is 0 Å². The maximum Gasteiger partial charge on any atom is 0.191 e. The second-order valence-corrected chi connectivity index (χ2v) is 9.08. The molecular weight excluding hydrogens is 368 g/mol. The van der Waals surface area contributed by atoms with E-state index in [1.807, 2.05) is 11.3 Å². The number of piperidine rings is 1. The van der Waals surface area contributed by atoms with Gasteiger partial charge in [-0.15, -0.1) is 11.3 Å². The van der Waals surface area contributed by atoms with Gasteiger partial charge in [-0.1, -0.05) is 19.9 Å². The lowest BCUT2D eigenvalue weighted by atomic mass is 9.79. The molecule has 0 amide bonds. The highest BCUT2D eigenvalue weighted by atomic mass is 32.1. The number of aliphatic hydroxyl groups is 1. The Bertz CT molecular complexity index is 571. The van der Waals surface area contributed by atoms with Crippen LogP contribution in [0, 0.1) is 11.3 Å². The first kappa shape index (κ1) is 23.2. The minimum absolute atomic E-state index is 0.0989. The molecule has 1 fully saturated rings. The van der Waals surface area contributed by atoms with Crippen LogP contribution in [0.1, 0.15) is 63.8 Å². The van der Waals surface area contributed by atoms with Crippen molar-refractivity contribution in [2.45, 2.75) is 58.9 Å². The predicted molar refractivity (Wildman–Crippen MR) is 121 cm³/mol. The number of aliphatic imine (C=N–C) groups is 1. The molecule has 2 atom stereocenters. The van der Waals surface area contributed by atoms with E-state index in [0.717, 1.165) is 44.9 Å². The van der Waals surface area contributed by atoms with Gasteiger partial charge in [-0.2, -0.15) is 0 Å². The van der Waals surface area contributed by atoms with Crippen LogP contribution in [-0.4, -0.2) is 55.8 Å². The number of nitrogens with zero attached hydrogens (tertiary/aromatic N) is 2. The quantitative estimate of drug-likeness (QED) is 0.406. The number of hydrogen-bond donors (Lipinski definition) is 3. The summed E-state index contributed by atoms with van der Waals surface area (Å²) in [6.45, 7) is 10.5. The van der Waals surface area contributed by atoms with Crippen molar-refractivity contribution in [2.24, 2.45) is 16.3 Å². The van der Waals surface area contributed by atoms with Crippen molar-refractivity contribution in [1.29, 1.82) is 0 Å². The number of thiophene rings is 1. The number of likely N-dealkylation sites (tertiary alicyclic amines) is 1. The first-order valence-electron chi connectivity index (χ1n) is 11.0. The van der Waals surface area contributed by atoms with Crippen molar-refractivity contribution in [2.75, 3.05) is 39.8 Å². The molecule has 1 aliphatic heterocycles. The molecule has 2 rings (SSSR count). The van der Waals surface area contributed by atoms with E-state index >= 15 is 0 Å². The van der Waals surface area contributed by atoms with Crippen molar-refractivity contribution in [3.05, 3.63) is 22.4 Å². The predicted octanol–water partition coefficient (Wildman–Crippen LogP) is 3.87. The normalized spacial score (nSPS) is 21.7. The number of guanidine groups is 1. The standard InChI is InChI=1S/C22H40N4OS/c1-5-22(6-2,12-14-27)17-25-21(23-7-3)24-16-18-10-8-13-26(4)20(18)19-11-9-15-28-19/h9,11,15,18,20,27H,5-8,10,12-14,16-17H2,1-4H3,(H2,23,24,25). The van der Waals surface area contributed by atoms with E-state index in [0.29, 0.717) is 12.0 Å². The van der Waals surface area contributed by atoms with Crippen molar-refractivity contribution in [1.82, 2.24) is 15.5 Å². The first-order valence-corrected chi connectivity index (χ1v) is 11.8. The van der Waals surface area contributed by atoms with Crippen LogP contribution in [-0.2, 0) is 0 Å². The summed E-state index contributed by atoms with van der Waals surface area (Å²) in [5.74, 6) is 1.49. The summed E-state index contributed by atoms with van der Waals surface area (Å²) in [5, 5.41) is 18.7. The van der Waals surface area contributed by atoms with Gasteiger partial charge in [-0.05, 0) is 75.4 Å². The van der Waals surface area contributed by atoms with Crippen molar-refractivity contribution in [3.63, 3.8) is 0 Å². The molecule has 0 saturated carbocycles. The fourth-order valence-electron chi connectivity index (χ4n) is 4.34. The van der Waals surface area contributed by atoms with E-state index in [-0.39, 0.29) is 12.0 Å². The van der Waals surface area contributed by atoms with Gasteiger partial charge in [0.25, 0.3) is 0 Å². The fraction of sp³-hybridized carbons (Fsp3) is 0.773. The van der Waals surface area contributed by atoms with E-state index in [1.165, 1.54) is 24.3 Å².